The van der Waals surface area contributed by atoms with Gasteiger partial charge in [-0.3, -0.25) is 0 Å². The third-order valence-corrected chi connectivity index (χ3v) is 4.69. The number of nitrogens with two attached hydrogens (primary N) is 1. The van der Waals surface area contributed by atoms with Crippen LogP contribution >= 0.6 is 0 Å². The van der Waals surface area contributed by atoms with Gasteiger partial charge in [0.05, 0.1) is 4.90 Å². The lowest BCUT2D eigenvalue weighted by molar-refractivity contribution is 0.216. The molecule has 0 aromatic heterocycles. The van der Waals surface area contributed by atoms with Crippen LogP contribution in [0.3, 0.4) is 0 Å². The van der Waals surface area contributed by atoms with E-state index in [0.29, 0.717) is 0 Å². The number of hydrogen-bond acceptors (Lipinski definition) is 4. The number of sulfonamides is 1. The number of aliphatic hydroxyl groups excluding tert-OH is 1. The van der Waals surface area contributed by atoms with Gasteiger partial charge in [-0.15, -0.1) is 0 Å². The smallest absolute Gasteiger partial charge is 0.240 e. The fourth-order valence-corrected chi connectivity index (χ4v) is 2.81. The molecule has 1 aromatic carbocycles. The van der Waals surface area contributed by atoms with E-state index < -0.39 is 21.9 Å². The lowest BCUT2D eigenvalue weighted by atomic mass is 10.1. The number of nitrogen functional groups attached to an aromatic ring is 1. The summed E-state index contributed by atoms with van der Waals surface area (Å²) in [6.45, 7) is 4.67. The molecule has 4 N–H and O–H groups in total. The summed E-state index contributed by atoms with van der Waals surface area (Å²) in [4.78, 5) is -0.218. The van der Waals surface area contributed by atoms with E-state index in [0.717, 1.165) is 6.07 Å². The van der Waals surface area contributed by atoms with Crippen molar-refractivity contribution < 1.29 is 17.9 Å². The second-order valence-electron chi connectivity index (χ2n) is 4.69. The molecule has 0 radical (unpaired) electrons. The van der Waals surface area contributed by atoms with Crippen LogP contribution in [0.1, 0.15) is 19.4 Å². The summed E-state index contributed by atoms with van der Waals surface area (Å²) in [5, 5.41) is 8.98. The minimum absolute atomic E-state index is 0.0863. The highest BCUT2D eigenvalue weighted by Crippen LogP contribution is 2.21. The molecule has 0 aliphatic carbocycles. The van der Waals surface area contributed by atoms with E-state index in [2.05, 4.69) is 4.72 Å². The monoisotopic (exact) mass is 290 g/mol. The number of benzene rings is 1. The zero-order chi connectivity index (χ0) is 14.8. The first-order valence-corrected chi connectivity index (χ1v) is 7.36. The molecule has 0 spiro atoms. The van der Waals surface area contributed by atoms with Crippen molar-refractivity contribution in [3.8, 4) is 0 Å². The van der Waals surface area contributed by atoms with E-state index >= 15 is 0 Å². The van der Waals surface area contributed by atoms with Crippen molar-refractivity contribution in [3.05, 3.63) is 23.5 Å². The second kappa shape index (κ2) is 5.85. The Hall–Kier alpha value is -1.18. The average molecular weight is 290 g/mol. The Morgan fingerprint density at radius 2 is 2.00 bits per heavy atom. The maximum atomic E-state index is 13.5. The molecule has 0 aliphatic rings. The van der Waals surface area contributed by atoms with Crippen LogP contribution < -0.4 is 10.5 Å². The van der Waals surface area contributed by atoms with E-state index in [4.69, 9.17) is 10.8 Å². The largest absolute Gasteiger partial charge is 0.398 e. The fourth-order valence-electron chi connectivity index (χ4n) is 1.42. The van der Waals surface area contributed by atoms with Crippen LogP contribution in [0.25, 0.3) is 0 Å². The summed E-state index contributed by atoms with van der Waals surface area (Å²) < 4.78 is 40.0. The molecule has 0 bridgehead atoms. The van der Waals surface area contributed by atoms with Gasteiger partial charge < -0.3 is 10.8 Å². The van der Waals surface area contributed by atoms with Gasteiger partial charge in [0.15, 0.2) is 0 Å². The van der Waals surface area contributed by atoms with Crippen molar-refractivity contribution in [2.75, 3.05) is 12.3 Å². The number of hydrogen-bond donors (Lipinski definition) is 3. The highest BCUT2D eigenvalue weighted by Gasteiger charge is 2.22. The van der Waals surface area contributed by atoms with Gasteiger partial charge in [0.2, 0.25) is 10.0 Å². The molecular weight excluding hydrogens is 271 g/mol. The molecule has 2 unspecified atom stereocenters. The first-order valence-electron chi connectivity index (χ1n) is 5.88. The Labute approximate surface area is 112 Å². The lowest BCUT2D eigenvalue weighted by Gasteiger charge is -2.19. The first-order chi connectivity index (χ1) is 8.69. The summed E-state index contributed by atoms with van der Waals surface area (Å²) in [5.74, 6) is -0.911. The quantitative estimate of drug-likeness (QED) is 0.706. The molecule has 7 heteroatoms. The van der Waals surface area contributed by atoms with Gasteiger partial charge in [-0.1, -0.05) is 6.92 Å². The zero-order valence-electron chi connectivity index (χ0n) is 11.1. The Morgan fingerprint density at radius 1 is 1.42 bits per heavy atom. The van der Waals surface area contributed by atoms with Crippen molar-refractivity contribution in [2.24, 2.45) is 5.92 Å². The Kier molecular flexibility index (Phi) is 4.89. The van der Waals surface area contributed by atoms with E-state index in [1.54, 1.807) is 13.8 Å². The normalized spacial score (nSPS) is 15.2. The molecule has 0 aliphatic heterocycles. The van der Waals surface area contributed by atoms with Gasteiger partial charge in [-0.05, 0) is 31.9 Å². The highest BCUT2D eigenvalue weighted by molar-refractivity contribution is 7.89. The summed E-state index contributed by atoms with van der Waals surface area (Å²) in [7, 11) is -3.86. The standard InChI is InChI=1S/C12H19FN2O3S/c1-7(6-16)9(3)15-19(17,18)10-4-11(13)8(2)12(14)5-10/h4-5,7,9,15-16H,6,14H2,1-3H3. The first kappa shape index (κ1) is 15.9. The molecule has 19 heavy (non-hydrogen) atoms. The summed E-state index contributed by atoms with van der Waals surface area (Å²) in [6.07, 6.45) is 0. The van der Waals surface area contributed by atoms with Crippen molar-refractivity contribution in [1.82, 2.24) is 4.72 Å². The van der Waals surface area contributed by atoms with Crippen molar-refractivity contribution in [3.63, 3.8) is 0 Å². The Balaban J connectivity index is 3.08. The lowest BCUT2D eigenvalue weighted by Crippen LogP contribution is -2.38. The summed E-state index contributed by atoms with van der Waals surface area (Å²) in [6, 6.07) is 1.68. The van der Waals surface area contributed by atoms with Crippen molar-refractivity contribution in [2.45, 2.75) is 31.7 Å². The maximum absolute atomic E-state index is 13.5. The molecule has 0 fully saturated rings. The van der Waals surface area contributed by atoms with Crippen LogP contribution in [-0.4, -0.2) is 26.2 Å². The Bertz CT molecular complexity index is 537. The predicted octanol–water partition coefficient (Wildman–Crippen LogP) is 1.01. The molecular formula is C12H19FN2O3S. The number of rotatable bonds is 5. The zero-order valence-corrected chi connectivity index (χ0v) is 12.0. The van der Waals surface area contributed by atoms with Crippen LogP contribution in [0.15, 0.2) is 17.0 Å². The topological polar surface area (TPSA) is 92.4 Å². The molecule has 2 atom stereocenters. The molecule has 0 heterocycles. The van der Waals surface area contributed by atoms with Gasteiger partial charge in [0, 0.05) is 23.9 Å². The number of nitrogens with one attached hydrogen (secondary N) is 1. The highest BCUT2D eigenvalue weighted by atomic mass is 32.2. The van der Waals surface area contributed by atoms with E-state index in [-0.39, 0.29) is 28.7 Å². The third kappa shape index (κ3) is 3.65. The SMILES string of the molecule is Cc1c(N)cc(S(=O)(=O)NC(C)C(C)CO)cc1F. The number of halogens is 1. The van der Waals surface area contributed by atoms with Gasteiger partial charge in [-0.25, -0.2) is 17.5 Å². The van der Waals surface area contributed by atoms with Gasteiger partial charge in [-0.2, -0.15) is 0 Å². The van der Waals surface area contributed by atoms with Crippen LogP contribution in [0.5, 0.6) is 0 Å². The minimum atomic E-state index is -3.86. The van der Waals surface area contributed by atoms with E-state index in [1.807, 2.05) is 0 Å². The fraction of sp³-hybridized carbons (Fsp3) is 0.500. The maximum Gasteiger partial charge on any atom is 0.240 e. The summed E-state index contributed by atoms with van der Waals surface area (Å²) in [5.41, 5.74) is 5.87. The average Bonchev–Trinajstić information content (AvgIpc) is 2.33. The molecule has 1 aromatic rings. The molecule has 0 amide bonds. The molecule has 0 saturated heterocycles. The van der Waals surface area contributed by atoms with Crippen LogP contribution in [0.2, 0.25) is 0 Å². The molecule has 0 saturated carbocycles. The van der Waals surface area contributed by atoms with Gasteiger partial charge in [0.25, 0.3) is 0 Å². The van der Waals surface area contributed by atoms with Crippen LogP contribution in [0, 0.1) is 18.7 Å². The van der Waals surface area contributed by atoms with E-state index in [1.165, 1.54) is 13.0 Å². The van der Waals surface area contributed by atoms with Crippen molar-refractivity contribution >= 4 is 15.7 Å². The number of anilines is 1. The predicted molar refractivity (Wildman–Crippen MR) is 71.6 cm³/mol. The van der Waals surface area contributed by atoms with Crippen LogP contribution in [-0.2, 0) is 10.0 Å². The Morgan fingerprint density at radius 3 is 2.47 bits per heavy atom. The molecule has 5 nitrogen and oxygen atoms in total. The van der Waals surface area contributed by atoms with Crippen LogP contribution in [0.4, 0.5) is 10.1 Å². The number of aliphatic hydroxyl groups is 1. The van der Waals surface area contributed by atoms with E-state index in [9.17, 15) is 12.8 Å². The van der Waals surface area contributed by atoms with Gasteiger partial charge in [0.1, 0.15) is 5.82 Å². The molecule has 1 rings (SSSR count). The van der Waals surface area contributed by atoms with Crippen molar-refractivity contribution in [1.29, 1.82) is 0 Å². The molecule has 108 valence electrons. The second-order valence-corrected chi connectivity index (χ2v) is 6.40. The van der Waals surface area contributed by atoms with Gasteiger partial charge >= 0.3 is 0 Å². The third-order valence-electron chi connectivity index (χ3n) is 3.15. The minimum Gasteiger partial charge on any atom is -0.398 e. The summed E-state index contributed by atoms with van der Waals surface area (Å²) >= 11 is 0.